The fraction of sp³-hybridized carbons (Fsp3) is 0.200. The zero-order valence-corrected chi connectivity index (χ0v) is 19.3. The van der Waals surface area contributed by atoms with Gasteiger partial charge >= 0.3 is 0 Å². The number of hydrogen-bond acceptors (Lipinski definition) is 3. The molecule has 0 saturated heterocycles. The van der Waals surface area contributed by atoms with Crippen molar-refractivity contribution >= 4 is 33.4 Å². The minimum Gasteiger partial charge on any atom is -0.490 e. The molecule has 0 aromatic heterocycles. The summed E-state index contributed by atoms with van der Waals surface area (Å²) >= 11 is 3.41. The molecule has 0 fully saturated rings. The van der Waals surface area contributed by atoms with E-state index >= 15 is 0 Å². The third-order valence-corrected chi connectivity index (χ3v) is 5.06. The molecule has 2 amide bonds. The van der Waals surface area contributed by atoms with Crippen molar-refractivity contribution in [3.63, 3.8) is 0 Å². The van der Waals surface area contributed by atoms with E-state index in [4.69, 9.17) is 4.74 Å². The maximum absolute atomic E-state index is 13.1. The molecular formula is C25H25BrN2O3. The maximum atomic E-state index is 13.1. The lowest BCUT2D eigenvalue weighted by molar-refractivity contribution is 0.0786. The lowest BCUT2D eigenvalue weighted by Gasteiger charge is -2.20. The molecule has 0 unspecified atom stereocenters. The standard InChI is InChI=1S/C25H25BrN2O3/c1-17(2)31-23-14-13-19(26)15-21(23)24(29)27-22-12-8-7-11-20(22)25(30)28(3)16-18-9-5-4-6-10-18/h4-15,17H,16H2,1-3H3,(H,27,29). The van der Waals surface area contributed by atoms with E-state index in [1.54, 1.807) is 48.3 Å². The number of benzene rings is 3. The van der Waals surface area contributed by atoms with Gasteiger partial charge in [0.1, 0.15) is 5.75 Å². The van der Waals surface area contributed by atoms with Crippen LogP contribution in [0.25, 0.3) is 0 Å². The molecule has 0 aliphatic rings. The Bertz CT molecular complexity index is 1070. The Kier molecular flexibility index (Phi) is 7.47. The Labute approximate surface area is 191 Å². The topological polar surface area (TPSA) is 58.6 Å². The van der Waals surface area contributed by atoms with E-state index < -0.39 is 0 Å². The number of ether oxygens (including phenoxy) is 1. The number of carbonyl (C=O) groups excluding carboxylic acids is 2. The highest BCUT2D eigenvalue weighted by atomic mass is 79.9. The van der Waals surface area contributed by atoms with Crippen LogP contribution in [0, 0.1) is 0 Å². The monoisotopic (exact) mass is 480 g/mol. The Morgan fingerprint density at radius 2 is 1.65 bits per heavy atom. The minimum atomic E-state index is -0.345. The van der Waals surface area contributed by atoms with Crippen molar-refractivity contribution in [2.24, 2.45) is 0 Å². The van der Waals surface area contributed by atoms with Crippen LogP contribution in [-0.2, 0) is 6.54 Å². The van der Waals surface area contributed by atoms with E-state index in [0.29, 0.717) is 29.1 Å². The van der Waals surface area contributed by atoms with Gasteiger partial charge in [-0.05, 0) is 49.7 Å². The zero-order chi connectivity index (χ0) is 22.4. The lowest BCUT2D eigenvalue weighted by Crippen LogP contribution is -2.27. The number of anilines is 1. The SMILES string of the molecule is CC(C)Oc1ccc(Br)cc1C(=O)Nc1ccccc1C(=O)N(C)Cc1ccccc1. The predicted octanol–water partition coefficient (Wildman–Crippen LogP) is 5.76. The molecule has 6 heteroatoms. The van der Waals surface area contributed by atoms with Crippen LogP contribution >= 0.6 is 15.9 Å². The van der Waals surface area contributed by atoms with Crippen molar-refractivity contribution < 1.29 is 14.3 Å². The first-order chi connectivity index (χ1) is 14.8. The highest BCUT2D eigenvalue weighted by molar-refractivity contribution is 9.10. The quantitative estimate of drug-likeness (QED) is 0.467. The van der Waals surface area contributed by atoms with Crippen molar-refractivity contribution in [2.75, 3.05) is 12.4 Å². The molecule has 5 nitrogen and oxygen atoms in total. The van der Waals surface area contributed by atoms with Crippen LogP contribution in [0.4, 0.5) is 5.69 Å². The number of nitrogens with zero attached hydrogens (tertiary/aromatic N) is 1. The second-order valence-corrected chi connectivity index (χ2v) is 8.37. The van der Waals surface area contributed by atoms with Gasteiger partial charge < -0.3 is 15.0 Å². The summed E-state index contributed by atoms with van der Waals surface area (Å²) in [6, 6.07) is 22.1. The molecule has 0 aliphatic heterocycles. The van der Waals surface area contributed by atoms with Gasteiger partial charge in [-0.15, -0.1) is 0 Å². The van der Waals surface area contributed by atoms with Crippen LogP contribution in [0.15, 0.2) is 77.3 Å². The highest BCUT2D eigenvalue weighted by Gasteiger charge is 2.20. The van der Waals surface area contributed by atoms with Gasteiger partial charge in [0, 0.05) is 18.1 Å². The van der Waals surface area contributed by atoms with E-state index in [2.05, 4.69) is 21.2 Å². The lowest BCUT2D eigenvalue weighted by atomic mass is 10.1. The molecule has 3 aromatic rings. The van der Waals surface area contributed by atoms with Crippen LogP contribution in [0.5, 0.6) is 5.75 Å². The molecule has 0 saturated carbocycles. The molecule has 0 radical (unpaired) electrons. The summed E-state index contributed by atoms with van der Waals surface area (Å²) in [7, 11) is 1.75. The number of nitrogens with one attached hydrogen (secondary N) is 1. The summed E-state index contributed by atoms with van der Waals surface area (Å²) in [5.41, 5.74) is 2.30. The molecule has 3 rings (SSSR count). The van der Waals surface area contributed by atoms with E-state index in [1.807, 2.05) is 50.2 Å². The molecule has 160 valence electrons. The van der Waals surface area contributed by atoms with Crippen molar-refractivity contribution in [1.82, 2.24) is 4.90 Å². The van der Waals surface area contributed by atoms with E-state index in [-0.39, 0.29) is 17.9 Å². The summed E-state index contributed by atoms with van der Waals surface area (Å²) in [6.45, 7) is 4.28. The van der Waals surface area contributed by atoms with Gasteiger partial charge in [0.2, 0.25) is 0 Å². The summed E-state index contributed by atoms with van der Waals surface area (Å²) in [5, 5.41) is 2.88. The zero-order valence-electron chi connectivity index (χ0n) is 17.8. The highest BCUT2D eigenvalue weighted by Crippen LogP contribution is 2.26. The van der Waals surface area contributed by atoms with Crippen LogP contribution in [0.1, 0.15) is 40.1 Å². The van der Waals surface area contributed by atoms with Crippen LogP contribution in [0.3, 0.4) is 0 Å². The Hall–Kier alpha value is -3.12. The summed E-state index contributed by atoms with van der Waals surface area (Å²) in [4.78, 5) is 27.8. The molecule has 0 heterocycles. The molecule has 1 N–H and O–H groups in total. The molecule has 0 aliphatic carbocycles. The van der Waals surface area contributed by atoms with E-state index in [1.165, 1.54) is 0 Å². The van der Waals surface area contributed by atoms with E-state index in [0.717, 1.165) is 10.0 Å². The third-order valence-electron chi connectivity index (χ3n) is 4.56. The Morgan fingerprint density at radius 3 is 2.35 bits per heavy atom. The van der Waals surface area contributed by atoms with Crippen molar-refractivity contribution in [3.8, 4) is 5.75 Å². The van der Waals surface area contributed by atoms with Gasteiger partial charge in [-0.1, -0.05) is 58.4 Å². The maximum Gasteiger partial charge on any atom is 0.259 e. The molecule has 0 atom stereocenters. The first-order valence-corrected chi connectivity index (χ1v) is 10.8. The first kappa shape index (κ1) is 22.6. The minimum absolute atomic E-state index is 0.0757. The average Bonchev–Trinajstić information content (AvgIpc) is 2.75. The third kappa shape index (κ3) is 5.95. The first-order valence-electron chi connectivity index (χ1n) is 10.0. The predicted molar refractivity (Wildman–Crippen MR) is 127 cm³/mol. The Balaban J connectivity index is 1.83. The van der Waals surface area contributed by atoms with Crippen LogP contribution in [0.2, 0.25) is 0 Å². The second kappa shape index (κ2) is 10.3. The summed E-state index contributed by atoms with van der Waals surface area (Å²) in [5.74, 6) is -0.0312. The van der Waals surface area contributed by atoms with Gasteiger partial charge in [0.05, 0.1) is 22.9 Å². The van der Waals surface area contributed by atoms with Crippen molar-refractivity contribution in [3.05, 3.63) is 94.0 Å². The molecule has 3 aromatic carbocycles. The second-order valence-electron chi connectivity index (χ2n) is 7.45. The number of carbonyl (C=O) groups is 2. The van der Waals surface area contributed by atoms with Gasteiger partial charge in [-0.2, -0.15) is 0 Å². The van der Waals surface area contributed by atoms with Crippen LogP contribution < -0.4 is 10.1 Å². The number of rotatable bonds is 7. The van der Waals surface area contributed by atoms with Crippen molar-refractivity contribution in [1.29, 1.82) is 0 Å². The largest absolute Gasteiger partial charge is 0.490 e. The van der Waals surface area contributed by atoms with Gasteiger partial charge in [0.15, 0.2) is 0 Å². The molecule has 0 bridgehead atoms. The fourth-order valence-electron chi connectivity index (χ4n) is 3.14. The molecular weight excluding hydrogens is 456 g/mol. The summed E-state index contributed by atoms with van der Waals surface area (Å²) in [6.07, 6.45) is -0.0757. The number of amides is 2. The molecule has 31 heavy (non-hydrogen) atoms. The van der Waals surface area contributed by atoms with Gasteiger partial charge in [-0.25, -0.2) is 0 Å². The smallest absolute Gasteiger partial charge is 0.259 e. The number of para-hydroxylation sites is 1. The summed E-state index contributed by atoms with van der Waals surface area (Å²) < 4.78 is 6.55. The average molecular weight is 481 g/mol. The number of halogens is 1. The fourth-order valence-corrected chi connectivity index (χ4v) is 3.50. The van der Waals surface area contributed by atoms with Gasteiger partial charge in [0.25, 0.3) is 11.8 Å². The van der Waals surface area contributed by atoms with Crippen molar-refractivity contribution in [2.45, 2.75) is 26.5 Å². The van der Waals surface area contributed by atoms with Gasteiger partial charge in [-0.3, -0.25) is 9.59 Å². The van der Waals surface area contributed by atoms with Crippen LogP contribution in [-0.4, -0.2) is 29.9 Å². The Morgan fingerprint density at radius 1 is 0.968 bits per heavy atom. The number of hydrogen-bond donors (Lipinski definition) is 1. The molecule has 0 spiro atoms. The normalized spacial score (nSPS) is 10.6. The van der Waals surface area contributed by atoms with E-state index in [9.17, 15) is 9.59 Å².